The lowest BCUT2D eigenvalue weighted by atomic mass is 10.2. The molecule has 0 aliphatic rings. The third kappa shape index (κ3) is 2.78. The molecule has 17 heavy (non-hydrogen) atoms. The third-order valence-corrected chi connectivity index (χ3v) is 3.59. The summed E-state index contributed by atoms with van der Waals surface area (Å²) in [4.78, 5) is 5.21. The summed E-state index contributed by atoms with van der Waals surface area (Å²) in [6.45, 7) is 0. The number of aromatic nitrogens is 1. The molecule has 2 N–H and O–H groups in total. The van der Waals surface area contributed by atoms with Gasteiger partial charge in [0.2, 0.25) is 0 Å². The molecule has 0 saturated heterocycles. The molecule has 1 aromatic heterocycles. The first-order valence-corrected chi connectivity index (χ1v) is 6.39. The second kappa shape index (κ2) is 5.21. The Morgan fingerprint density at radius 2 is 2.18 bits per heavy atom. The molecule has 2 aromatic rings. The van der Waals surface area contributed by atoms with Gasteiger partial charge in [-0.1, -0.05) is 33.8 Å². The summed E-state index contributed by atoms with van der Waals surface area (Å²) in [5.41, 5.74) is 6.75. The first-order valence-electron chi connectivity index (χ1n) is 4.78. The van der Waals surface area contributed by atoms with Crippen LogP contribution >= 0.6 is 27.7 Å². The van der Waals surface area contributed by atoms with E-state index < -0.39 is 0 Å². The molecule has 0 aliphatic heterocycles. The number of nitrogens with two attached hydrogens (primary N) is 1. The molecule has 0 unspecified atom stereocenters. The van der Waals surface area contributed by atoms with Gasteiger partial charge >= 0.3 is 0 Å². The summed E-state index contributed by atoms with van der Waals surface area (Å²) in [7, 11) is 0. The largest absolute Gasteiger partial charge is 0.395 e. The summed E-state index contributed by atoms with van der Waals surface area (Å²) in [5, 5.41) is 9.53. The van der Waals surface area contributed by atoms with Crippen LogP contribution in [-0.2, 0) is 0 Å². The van der Waals surface area contributed by atoms with Gasteiger partial charge in [0.1, 0.15) is 11.1 Å². The van der Waals surface area contributed by atoms with Crippen LogP contribution in [0, 0.1) is 11.3 Å². The van der Waals surface area contributed by atoms with Crippen molar-refractivity contribution in [2.24, 2.45) is 0 Å². The number of rotatable bonds is 2. The predicted octanol–water partition coefficient (Wildman–Crippen LogP) is 3.45. The molecule has 0 amide bonds. The van der Waals surface area contributed by atoms with E-state index in [4.69, 9.17) is 11.0 Å². The quantitative estimate of drug-likeness (QED) is 0.923. The van der Waals surface area contributed by atoms with E-state index in [1.807, 2.05) is 30.3 Å². The Hall–Kier alpha value is -1.51. The van der Waals surface area contributed by atoms with Crippen molar-refractivity contribution in [2.75, 3.05) is 5.73 Å². The van der Waals surface area contributed by atoms with Crippen molar-refractivity contribution >= 4 is 33.4 Å². The maximum atomic E-state index is 8.88. The molecule has 1 heterocycles. The lowest BCUT2D eigenvalue weighted by molar-refractivity contribution is 1.13. The maximum absolute atomic E-state index is 8.88. The number of nitrogen functional groups attached to an aromatic ring is 1. The number of hydrogen-bond donors (Lipinski definition) is 1. The van der Waals surface area contributed by atoms with E-state index >= 15 is 0 Å². The van der Waals surface area contributed by atoms with Gasteiger partial charge in [-0.3, -0.25) is 0 Å². The van der Waals surface area contributed by atoms with Crippen LogP contribution in [0.25, 0.3) is 0 Å². The van der Waals surface area contributed by atoms with Crippen molar-refractivity contribution in [3.63, 3.8) is 0 Å². The molecule has 5 heteroatoms. The van der Waals surface area contributed by atoms with Gasteiger partial charge in [0, 0.05) is 15.6 Å². The van der Waals surface area contributed by atoms with E-state index in [-0.39, 0.29) is 0 Å². The number of halogens is 1. The van der Waals surface area contributed by atoms with Gasteiger partial charge in [-0.15, -0.1) is 0 Å². The van der Waals surface area contributed by atoms with Gasteiger partial charge in [-0.25, -0.2) is 4.98 Å². The maximum Gasteiger partial charge on any atom is 0.125 e. The lowest BCUT2D eigenvalue weighted by Gasteiger charge is -2.05. The van der Waals surface area contributed by atoms with Crippen molar-refractivity contribution in [1.82, 2.24) is 4.98 Å². The smallest absolute Gasteiger partial charge is 0.125 e. The van der Waals surface area contributed by atoms with Gasteiger partial charge in [0.15, 0.2) is 0 Å². The van der Waals surface area contributed by atoms with Crippen molar-refractivity contribution in [3.8, 4) is 6.07 Å². The van der Waals surface area contributed by atoms with E-state index in [0.717, 1.165) is 9.37 Å². The summed E-state index contributed by atoms with van der Waals surface area (Å²) in [6, 6.07) is 11.5. The van der Waals surface area contributed by atoms with Crippen LogP contribution in [0.4, 0.5) is 5.69 Å². The van der Waals surface area contributed by atoms with Crippen LogP contribution < -0.4 is 5.73 Å². The van der Waals surface area contributed by atoms with E-state index in [1.54, 1.807) is 12.3 Å². The zero-order valence-corrected chi connectivity index (χ0v) is 11.1. The Bertz CT molecular complexity index is 593. The second-order valence-electron chi connectivity index (χ2n) is 3.25. The van der Waals surface area contributed by atoms with Crippen molar-refractivity contribution in [2.45, 2.75) is 9.92 Å². The van der Waals surface area contributed by atoms with Gasteiger partial charge < -0.3 is 5.73 Å². The van der Waals surface area contributed by atoms with Gasteiger partial charge in [-0.05, 0) is 24.3 Å². The Morgan fingerprint density at radius 3 is 2.88 bits per heavy atom. The Kier molecular flexibility index (Phi) is 3.67. The molecular weight excluding hydrogens is 298 g/mol. The van der Waals surface area contributed by atoms with Crippen LogP contribution in [0.15, 0.2) is 50.9 Å². The van der Waals surface area contributed by atoms with E-state index in [1.165, 1.54) is 11.8 Å². The zero-order chi connectivity index (χ0) is 12.3. The molecule has 0 bridgehead atoms. The van der Waals surface area contributed by atoms with Crippen LogP contribution in [-0.4, -0.2) is 4.98 Å². The van der Waals surface area contributed by atoms with Crippen molar-refractivity contribution < 1.29 is 0 Å². The molecule has 0 aliphatic carbocycles. The number of benzene rings is 1. The molecule has 0 fully saturated rings. The highest BCUT2D eigenvalue weighted by atomic mass is 79.9. The second-order valence-corrected chi connectivity index (χ2v) is 5.23. The predicted molar refractivity (Wildman–Crippen MR) is 71.6 cm³/mol. The van der Waals surface area contributed by atoms with E-state index in [0.29, 0.717) is 16.3 Å². The molecule has 84 valence electrons. The minimum absolute atomic E-state index is 0.431. The van der Waals surface area contributed by atoms with Crippen molar-refractivity contribution in [1.29, 1.82) is 5.26 Å². The number of nitriles is 1. The van der Waals surface area contributed by atoms with Crippen LogP contribution in [0.3, 0.4) is 0 Å². The number of pyridine rings is 1. The summed E-state index contributed by atoms with van der Waals surface area (Å²) in [6.07, 6.45) is 1.59. The van der Waals surface area contributed by atoms with Crippen LogP contribution in [0.2, 0.25) is 0 Å². The minimum Gasteiger partial charge on any atom is -0.395 e. The van der Waals surface area contributed by atoms with Gasteiger partial charge in [0.05, 0.1) is 11.3 Å². The average Bonchev–Trinajstić information content (AvgIpc) is 2.32. The normalized spacial score (nSPS) is 9.88. The summed E-state index contributed by atoms with van der Waals surface area (Å²) >= 11 is 4.85. The Morgan fingerprint density at radius 1 is 1.35 bits per heavy atom. The van der Waals surface area contributed by atoms with E-state index in [9.17, 15) is 0 Å². The molecule has 0 atom stereocenters. The fourth-order valence-electron chi connectivity index (χ4n) is 1.27. The highest BCUT2D eigenvalue weighted by molar-refractivity contribution is 9.10. The first kappa shape index (κ1) is 12.0. The number of hydrogen-bond acceptors (Lipinski definition) is 4. The molecule has 0 radical (unpaired) electrons. The topological polar surface area (TPSA) is 62.7 Å². The fraction of sp³-hybridized carbons (Fsp3) is 0. The van der Waals surface area contributed by atoms with Crippen LogP contribution in [0.5, 0.6) is 0 Å². The average molecular weight is 306 g/mol. The molecular formula is C12H8BrN3S. The van der Waals surface area contributed by atoms with E-state index in [2.05, 4.69) is 20.9 Å². The molecule has 0 spiro atoms. The molecule has 0 saturated carbocycles. The summed E-state index contributed by atoms with van der Waals surface area (Å²) < 4.78 is 0.998. The van der Waals surface area contributed by atoms with Gasteiger partial charge in [0.25, 0.3) is 0 Å². The number of nitrogens with zero attached hydrogens (tertiary/aromatic N) is 2. The standard InChI is InChI=1S/C12H8BrN3S/c13-9-2-1-3-10(6-9)17-12-11(15)8(7-14)4-5-16-12/h1-6H,15H2. The molecule has 2 rings (SSSR count). The Labute approximate surface area is 112 Å². The SMILES string of the molecule is N#Cc1ccnc(Sc2cccc(Br)c2)c1N. The molecule has 3 nitrogen and oxygen atoms in total. The summed E-state index contributed by atoms with van der Waals surface area (Å²) in [5.74, 6) is 0. The van der Waals surface area contributed by atoms with Crippen LogP contribution in [0.1, 0.15) is 5.56 Å². The highest BCUT2D eigenvalue weighted by Gasteiger charge is 2.07. The number of anilines is 1. The Balaban J connectivity index is 2.34. The minimum atomic E-state index is 0.431. The fourth-order valence-corrected chi connectivity index (χ4v) is 2.71. The zero-order valence-electron chi connectivity index (χ0n) is 8.72. The monoisotopic (exact) mass is 305 g/mol. The van der Waals surface area contributed by atoms with Crippen molar-refractivity contribution in [3.05, 3.63) is 46.6 Å². The third-order valence-electron chi connectivity index (χ3n) is 2.08. The van der Waals surface area contributed by atoms with Gasteiger partial charge in [-0.2, -0.15) is 5.26 Å². The first-order chi connectivity index (χ1) is 8.20. The lowest BCUT2D eigenvalue weighted by Crippen LogP contribution is -1.95. The highest BCUT2D eigenvalue weighted by Crippen LogP contribution is 2.32. The molecule has 1 aromatic carbocycles.